The van der Waals surface area contributed by atoms with Crippen molar-refractivity contribution in [3.05, 3.63) is 10.1 Å². The highest BCUT2D eigenvalue weighted by Gasteiger charge is 2.52. The standard InChI is InChI=1S/C39H72N4O21/c1-19(46)41-31-24(49)15-30(61-25(31)14-22(48)16-44)59-18-27-33(52)35(54)36(55)39(63-27)64-37-26(17-45)62-38(32(34(37)53)42-20(2)47)58-13-5-12-40-28(50)6-3-4-7-29(51)60-23-10-8-21(9-11-23)43(56)57/h19,21-41,44-46,48-55H,3-18H2,1-2H3,(H,42,47)/t19?,21?,22?,23?,24?,25-,26?,27?,28?,29?,30+,31-,32?,33+,34?,35?,36?,37-,38-,39+/m1/s1. The highest BCUT2D eigenvalue weighted by molar-refractivity contribution is 5.73. The fraction of sp³-hybridized carbons (Fsp3) is 0.974. The van der Waals surface area contributed by atoms with Crippen LogP contribution in [0.3, 0.4) is 0 Å². The molecule has 3 heterocycles. The van der Waals surface area contributed by atoms with E-state index in [0.29, 0.717) is 64.3 Å². The molecule has 0 aromatic heterocycles. The summed E-state index contributed by atoms with van der Waals surface area (Å²) in [4.78, 5) is 22.9. The van der Waals surface area contributed by atoms with Crippen LogP contribution in [0, 0.1) is 10.1 Å². The molecule has 1 aliphatic carbocycles. The number of carbonyl (C=O) groups excluding carboxylic acids is 1. The van der Waals surface area contributed by atoms with Crippen LogP contribution < -0.4 is 16.0 Å². The van der Waals surface area contributed by atoms with Crippen molar-refractivity contribution in [1.82, 2.24) is 16.0 Å². The molecular formula is C39H72N4O21. The second-order valence-corrected chi connectivity index (χ2v) is 17.0. The Bertz CT molecular complexity index is 1360. The van der Waals surface area contributed by atoms with Crippen molar-refractivity contribution in [2.24, 2.45) is 0 Å². The predicted molar refractivity (Wildman–Crippen MR) is 216 cm³/mol. The van der Waals surface area contributed by atoms with Gasteiger partial charge < -0.3 is 94.6 Å². The maximum absolute atomic E-state index is 12.2. The largest absolute Gasteiger partial charge is 0.394 e. The number of aliphatic hydroxyl groups excluding tert-OH is 11. The van der Waals surface area contributed by atoms with E-state index in [-0.39, 0.29) is 30.5 Å². The molecule has 1 amide bonds. The van der Waals surface area contributed by atoms with Crippen molar-refractivity contribution >= 4 is 5.91 Å². The third-order valence-corrected chi connectivity index (χ3v) is 11.8. The van der Waals surface area contributed by atoms with E-state index in [2.05, 4.69) is 16.0 Å². The van der Waals surface area contributed by atoms with Gasteiger partial charge in [0.1, 0.15) is 61.2 Å². The van der Waals surface area contributed by atoms with Crippen LogP contribution in [0.25, 0.3) is 0 Å². The Kier molecular flexibility index (Phi) is 23.2. The predicted octanol–water partition coefficient (Wildman–Crippen LogP) is -4.91. The molecule has 4 fully saturated rings. The van der Waals surface area contributed by atoms with E-state index in [4.69, 9.17) is 33.2 Å². The van der Waals surface area contributed by atoms with Crippen molar-refractivity contribution in [2.75, 3.05) is 33.0 Å². The first-order valence-corrected chi connectivity index (χ1v) is 22.2. The van der Waals surface area contributed by atoms with Crippen molar-refractivity contribution in [2.45, 2.75) is 207 Å². The monoisotopic (exact) mass is 932 g/mol. The molecule has 0 aromatic rings. The zero-order valence-electron chi connectivity index (χ0n) is 36.3. The first-order valence-electron chi connectivity index (χ1n) is 22.2. The number of ether oxygens (including phenoxy) is 7. The van der Waals surface area contributed by atoms with Crippen LogP contribution in [0.2, 0.25) is 0 Å². The van der Waals surface area contributed by atoms with Crippen molar-refractivity contribution in [1.29, 1.82) is 0 Å². The van der Waals surface area contributed by atoms with Gasteiger partial charge >= 0.3 is 0 Å². The van der Waals surface area contributed by atoms with Crippen LogP contribution in [-0.2, 0) is 38.0 Å². The zero-order chi connectivity index (χ0) is 47.1. The second-order valence-electron chi connectivity index (χ2n) is 17.0. The smallest absolute Gasteiger partial charge is 0.217 e. The molecule has 18 atom stereocenters. The molecular weight excluding hydrogens is 860 g/mol. The number of hydrogen-bond donors (Lipinski definition) is 14. The molecule has 25 nitrogen and oxygen atoms in total. The summed E-state index contributed by atoms with van der Waals surface area (Å²) in [7, 11) is 0. The van der Waals surface area contributed by atoms with Crippen LogP contribution in [0.5, 0.6) is 0 Å². The second kappa shape index (κ2) is 27.2. The summed E-state index contributed by atoms with van der Waals surface area (Å²) in [5.41, 5.74) is 0. The Morgan fingerprint density at radius 1 is 0.828 bits per heavy atom. The van der Waals surface area contributed by atoms with E-state index in [0.717, 1.165) is 0 Å². The summed E-state index contributed by atoms with van der Waals surface area (Å²) in [6.45, 7) is 1.10. The van der Waals surface area contributed by atoms with Crippen LogP contribution in [0.15, 0.2) is 0 Å². The molecule has 374 valence electrons. The SMILES string of the molecule is CC(=O)NC1C(O)[C@H](O[C@@H]2OC(CO[C@@H]3CC(O)[C@@H](NC(C)O)[C@@H](CC(O)CO)O3)[C@H](O)C(O)C2O)C(CO)O[C@H]1OCCCNC(O)CCCCC(O)OC1CCC([N+](=O)[O-])CC1. The molecule has 3 saturated heterocycles. The first-order chi connectivity index (χ1) is 30.4. The Labute approximate surface area is 371 Å². The van der Waals surface area contributed by atoms with Gasteiger partial charge in [-0.2, -0.15) is 0 Å². The van der Waals surface area contributed by atoms with E-state index in [9.17, 15) is 71.1 Å². The van der Waals surface area contributed by atoms with Gasteiger partial charge in [0.2, 0.25) is 11.9 Å². The molecule has 0 bridgehead atoms. The van der Waals surface area contributed by atoms with Gasteiger partial charge in [0.25, 0.3) is 0 Å². The molecule has 0 spiro atoms. The molecule has 0 radical (unpaired) electrons. The minimum absolute atomic E-state index is 0.0163. The number of rotatable bonds is 26. The van der Waals surface area contributed by atoms with E-state index < -0.39 is 143 Å². The Morgan fingerprint density at radius 2 is 1.52 bits per heavy atom. The Morgan fingerprint density at radius 3 is 2.16 bits per heavy atom. The van der Waals surface area contributed by atoms with Crippen molar-refractivity contribution < 1.29 is 99.0 Å². The lowest BCUT2D eigenvalue weighted by molar-refractivity contribution is -0.527. The Balaban J connectivity index is 1.23. The molecule has 4 rings (SSSR count). The van der Waals surface area contributed by atoms with Gasteiger partial charge in [0.15, 0.2) is 25.2 Å². The summed E-state index contributed by atoms with van der Waals surface area (Å²) in [5.74, 6) is -0.577. The third-order valence-electron chi connectivity index (χ3n) is 11.8. The topological polar surface area (TPSA) is 383 Å². The molecule has 11 unspecified atom stereocenters. The number of nitro groups is 1. The molecule has 4 aliphatic rings. The lowest BCUT2D eigenvalue weighted by atomic mass is 9.93. The van der Waals surface area contributed by atoms with Crippen molar-refractivity contribution in [3.8, 4) is 0 Å². The maximum atomic E-state index is 12.2. The molecule has 14 N–H and O–H groups in total. The number of amides is 1. The highest BCUT2D eigenvalue weighted by Crippen LogP contribution is 2.32. The number of nitrogens with one attached hydrogen (secondary N) is 3. The van der Waals surface area contributed by atoms with E-state index in [1.807, 2.05) is 0 Å². The van der Waals surface area contributed by atoms with Gasteiger partial charge in [-0.25, -0.2) is 0 Å². The highest BCUT2D eigenvalue weighted by atomic mass is 16.7. The van der Waals surface area contributed by atoms with Crippen LogP contribution >= 0.6 is 0 Å². The number of unbranched alkanes of at least 4 members (excludes halogenated alkanes) is 1. The summed E-state index contributed by atoms with van der Waals surface area (Å²) in [6.07, 6.45) is -18.1. The fourth-order valence-corrected chi connectivity index (χ4v) is 8.35. The van der Waals surface area contributed by atoms with E-state index >= 15 is 0 Å². The van der Waals surface area contributed by atoms with Gasteiger partial charge in [-0.15, -0.1) is 0 Å². The first kappa shape index (κ1) is 54.7. The number of hydrogen-bond acceptors (Lipinski definition) is 23. The van der Waals surface area contributed by atoms with Gasteiger partial charge in [0.05, 0.1) is 56.9 Å². The van der Waals surface area contributed by atoms with E-state index in [1.165, 1.54) is 13.8 Å². The molecule has 25 heteroatoms. The molecule has 0 aromatic carbocycles. The summed E-state index contributed by atoms with van der Waals surface area (Å²) >= 11 is 0. The van der Waals surface area contributed by atoms with Crippen LogP contribution in [0.1, 0.15) is 84.5 Å². The fourth-order valence-electron chi connectivity index (χ4n) is 8.35. The zero-order valence-corrected chi connectivity index (χ0v) is 36.3. The van der Waals surface area contributed by atoms with Gasteiger partial charge in [-0.1, -0.05) is 0 Å². The molecule has 64 heavy (non-hydrogen) atoms. The Hall–Kier alpha value is -1.93. The minimum atomic E-state index is -1.89. The lowest BCUT2D eigenvalue weighted by Gasteiger charge is -2.47. The van der Waals surface area contributed by atoms with Crippen molar-refractivity contribution in [3.63, 3.8) is 0 Å². The average molecular weight is 933 g/mol. The van der Waals surface area contributed by atoms with Gasteiger partial charge in [-0.3, -0.25) is 25.5 Å². The third kappa shape index (κ3) is 16.7. The number of aliphatic hydroxyl groups is 11. The number of carbonyl (C=O) groups is 1. The summed E-state index contributed by atoms with van der Waals surface area (Å²) < 4.78 is 40.7. The molecule has 1 saturated carbocycles. The maximum Gasteiger partial charge on any atom is 0.217 e. The quantitative estimate of drug-likeness (QED) is 0.0167. The minimum Gasteiger partial charge on any atom is -0.394 e. The van der Waals surface area contributed by atoms with Gasteiger partial charge in [-0.05, 0) is 58.4 Å². The average Bonchev–Trinajstić information content (AvgIpc) is 3.24. The van der Waals surface area contributed by atoms with Gasteiger partial charge in [0, 0.05) is 37.5 Å². The summed E-state index contributed by atoms with van der Waals surface area (Å²) in [6, 6.07) is -2.68. The van der Waals surface area contributed by atoms with Crippen LogP contribution in [-0.4, -0.2) is 223 Å². The number of nitrogens with zero attached hydrogens (tertiary/aromatic N) is 1. The van der Waals surface area contributed by atoms with E-state index in [1.54, 1.807) is 0 Å². The van der Waals surface area contributed by atoms with Crippen LogP contribution in [0.4, 0.5) is 0 Å². The molecule has 3 aliphatic heterocycles. The summed E-state index contributed by atoms with van der Waals surface area (Å²) in [5, 5.41) is 134. The lowest BCUT2D eigenvalue weighted by Crippen LogP contribution is -2.67. The normalized spacial score (nSPS) is 38.0.